The van der Waals surface area contributed by atoms with Crippen molar-refractivity contribution in [2.45, 2.75) is 25.4 Å². The molecule has 2 aromatic rings. The van der Waals surface area contributed by atoms with Gasteiger partial charge < -0.3 is 5.11 Å². The monoisotopic (exact) mass is 323 g/mol. The molecule has 2 nitrogen and oxygen atoms in total. The summed E-state index contributed by atoms with van der Waals surface area (Å²) in [5, 5.41) is 9.96. The maximum atomic E-state index is 13.6. The number of aryl methyl sites for hydroxylation is 1. The number of aliphatic hydroxyl groups excluding tert-OH is 1. The van der Waals surface area contributed by atoms with Crippen LogP contribution in [-0.2, 0) is 12.8 Å². The van der Waals surface area contributed by atoms with Crippen LogP contribution in [0.15, 0.2) is 47.2 Å². The number of hydrogen-bond acceptors (Lipinski definition) is 2. The molecular formula is C15H15BrFNO. The third-order valence-corrected chi connectivity index (χ3v) is 3.48. The summed E-state index contributed by atoms with van der Waals surface area (Å²) in [4.78, 5) is 3.94. The topological polar surface area (TPSA) is 33.1 Å². The van der Waals surface area contributed by atoms with E-state index in [4.69, 9.17) is 0 Å². The zero-order valence-corrected chi connectivity index (χ0v) is 12.0. The van der Waals surface area contributed by atoms with Crippen molar-refractivity contribution in [1.82, 2.24) is 4.98 Å². The molecule has 0 radical (unpaired) electrons. The number of hydrogen-bond donors (Lipinski definition) is 1. The zero-order valence-electron chi connectivity index (χ0n) is 10.4. The zero-order chi connectivity index (χ0) is 13.7. The SMILES string of the molecule is OC(CCc1ccncc1)Cc1ccc(Br)cc1F. The standard InChI is InChI=1S/C15H15BrFNO/c16-13-3-2-12(15(17)10-13)9-14(19)4-1-11-5-7-18-8-6-11/h2-3,5-8,10,14,19H,1,4,9H2. The van der Waals surface area contributed by atoms with Gasteiger partial charge in [0.25, 0.3) is 0 Å². The second kappa shape index (κ2) is 6.78. The molecule has 19 heavy (non-hydrogen) atoms. The van der Waals surface area contributed by atoms with Crippen LogP contribution in [0.1, 0.15) is 17.5 Å². The van der Waals surface area contributed by atoms with Gasteiger partial charge in [-0.2, -0.15) is 0 Å². The average Bonchev–Trinajstić information content (AvgIpc) is 2.41. The molecule has 2 rings (SSSR count). The van der Waals surface area contributed by atoms with Crippen LogP contribution in [0.5, 0.6) is 0 Å². The lowest BCUT2D eigenvalue weighted by Crippen LogP contribution is -2.12. The van der Waals surface area contributed by atoms with Crippen LogP contribution in [-0.4, -0.2) is 16.2 Å². The van der Waals surface area contributed by atoms with Gasteiger partial charge in [0.05, 0.1) is 6.10 Å². The first kappa shape index (κ1) is 14.2. The molecule has 0 bridgehead atoms. The Hall–Kier alpha value is -1.26. The van der Waals surface area contributed by atoms with Crippen LogP contribution in [0.2, 0.25) is 0 Å². The number of nitrogens with zero attached hydrogens (tertiary/aromatic N) is 1. The Labute approximate surface area is 120 Å². The lowest BCUT2D eigenvalue weighted by Gasteiger charge is -2.11. The number of pyridine rings is 1. The first-order valence-electron chi connectivity index (χ1n) is 6.16. The van der Waals surface area contributed by atoms with Gasteiger partial charge >= 0.3 is 0 Å². The first-order valence-corrected chi connectivity index (χ1v) is 6.95. The minimum atomic E-state index is -0.538. The molecule has 4 heteroatoms. The predicted molar refractivity (Wildman–Crippen MR) is 76.4 cm³/mol. The highest BCUT2D eigenvalue weighted by atomic mass is 79.9. The number of aliphatic hydroxyl groups is 1. The fraction of sp³-hybridized carbons (Fsp3) is 0.267. The third-order valence-electron chi connectivity index (χ3n) is 2.99. The van der Waals surface area contributed by atoms with Gasteiger partial charge in [0.15, 0.2) is 0 Å². The van der Waals surface area contributed by atoms with E-state index < -0.39 is 6.10 Å². The highest BCUT2D eigenvalue weighted by Gasteiger charge is 2.10. The quantitative estimate of drug-likeness (QED) is 0.913. The molecule has 0 aliphatic heterocycles. The molecule has 1 aromatic carbocycles. The van der Waals surface area contributed by atoms with Gasteiger partial charge in [-0.1, -0.05) is 22.0 Å². The lowest BCUT2D eigenvalue weighted by molar-refractivity contribution is 0.164. The van der Waals surface area contributed by atoms with E-state index in [1.807, 2.05) is 12.1 Å². The van der Waals surface area contributed by atoms with Gasteiger partial charge in [-0.3, -0.25) is 4.98 Å². The van der Waals surface area contributed by atoms with E-state index in [-0.39, 0.29) is 5.82 Å². The van der Waals surface area contributed by atoms with Crippen molar-refractivity contribution in [2.75, 3.05) is 0 Å². The molecule has 0 amide bonds. The van der Waals surface area contributed by atoms with E-state index >= 15 is 0 Å². The van der Waals surface area contributed by atoms with Crippen molar-refractivity contribution < 1.29 is 9.50 Å². The van der Waals surface area contributed by atoms with Crippen LogP contribution < -0.4 is 0 Å². The molecular weight excluding hydrogens is 309 g/mol. The molecule has 0 aliphatic carbocycles. The summed E-state index contributed by atoms with van der Waals surface area (Å²) in [5.41, 5.74) is 1.68. The van der Waals surface area contributed by atoms with E-state index in [2.05, 4.69) is 20.9 Å². The fourth-order valence-corrected chi connectivity index (χ4v) is 2.26. The van der Waals surface area contributed by atoms with Crippen molar-refractivity contribution in [3.05, 3.63) is 64.1 Å². The smallest absolute Gasteiger partial charge is 0.127 e. The second-order valence-electron chi connectivity index (χ2n) is 4.49. The highest BCUT2D eigenvalue weighted by molar-refractivity contribution is 9.10. The van der Waals surface area contributed by atoms with Gasteiger partial charge in [0, 0.05) is 23.3 Å². The fourth-order valence-electron chi connectivity index (χ4n) is 1.93. The molecule has 1 atom stereocenters. The summed E-state index contributed by atoms with van der Waals surface area (Å²) < 4.78 is 14.3. The summed E-state index contributed by atoms with van der Waals surface area (Å²) in [5.74, 6) is -0.280. The Morgan fingerprint density at radius 3 is 2.63 bits per heavy atom. The van der Waals surface area contributed by atoms with Gasteiger partial charge in [-0.25, -0.2) is 4.39 Å². The summed E-state index contributed by atoms with van der Waals surface area (Å²) in [6, 6.07) is 8.76. The van der Waals surface area contributed by atoms with Crippen molar-refractivity contribution >= 4 is 15.9 Å². The molecule has 1 unspecified atom stereocenters. The van der Waals surface area contributed by atoms with Crippen LogP contribution >= 0.6 is 15.9 Å². The molecule has 0 saturated heterocycles. The number of benzene rings is 1. The summed E-state index contributed by atoms with van der Waals surface area (Å²) in [6.45, 7) is 0. The highest BCUT2D eigenvalue weighted by Crippen LogP contribution is 2.17. The molecule has 1 heterocycles. The number of aromatic nitrogens is 1. The van der Waals surface area contributed by atoms with E-state index in [1.54, 1.807) is 24.5 Å². The van der Waals surface area contributed by atoms with Crippen LogP contribution in [0.4, 0.5) is 4.39 Å². The first-order chi connectivity index (χ1) is 9.15. The summed E-state index contributed by atoms with van der Waals surface area (Å²) in [7, 11) is 0. The molecule has 0 aliphatic rings. The maximum absolute atomic E-state index is 13.6. The Kier molecular flexibility index (Phi) is 5.05. The minimum Gasteiger partial charge on any atom is -0.393 e. The van der Waals surface area contributed by atoms with Crippen LogP contribution in [0, 0.1) is 5.82 Å². The third kappa shape index (κ3) is 4.40. The van der Waals surface area contributed by atoms with Crippen LogP contribution in [0.3, 0.4) is 0 Å². The van der Waals surface area contributed by atoms with E-state index in [9.17, 15) is 9.50 Å². The largest absolute Gasteiger partial charge is 0.393 e. The Morgan fingerprint density at radius 1 is 1.21 bits per heavy atom. The summed E-state index contributed by atoms with van der Waals surface area (Å²) >= 11 is 3.22. The van der Waals surface area contributed by atoms with Gasteiger partial charge in [-0.05, 0) is 48.2 Å². The maximum Gasteiger partial charge on any atom is 0.127 e. The molecule has 0 spiro atoms. The van der Waals surface area contributed by atoms with Gasteiger partial charge in [0.2, 0.25) is 0 Å². The van der Waals surface area contributed by atoms with E-state index in [0.29, 0.717) is 22.9 Å². The van der Waals surface area contributed by atoms with Crippen LogP contribution in [0.25, 0.3) is 0 Å². The molecule has 1 N–H and O–H groups in total. The Bertz CT molecular complexity index is 533. The average molecular weight is 324 g/mol. The van der Waals surface area contributed by atoms with E-state index in [0.717, 1.165) is 12.0 Å². The number of rotatable bonds is 5. The van der Waals surface area contributed by atoms with Gasteiger partial charge in [0.1, 0.15) is 5.82 Å². The van der Waals surface area contributed by atoms with Crippen molar-refractivity contribution in [1.29, 1.82) is 0 Å². The van der Waals surface area contributed by atoms with Crippen molar-refractivity contribution in [3.8, 4) is 0 Å². The van der Waals surface area contributed by atoms with E-state index in [1.165, 1.54) is 6.07 Å². The normalized spacial score (nSPS) is 12.4. The van der Waals surface area contributed by atoms with Gasteiger partial charge in [-0.15, -0.1) is 0 Å². The molecule has 0 saturated carbocycles. The summed E-state index contributed by atoms with van der Waals surface area (Å²) in [6.07, 6.45) is 4.64. The van der Waals surface area contributed by atoms with Crippen molar-refractivity contribution in [3.63, 3.8) is 0 Å². The minimum absolute atomic E-state index is 0.280. The second-order valence-corrected chi connectivity index (χ2v) is 5.40. The lowest BCUT2D eigenvalue weighted by atomic mass is 10.0. The Morgan fingerprint density at radius 2 is 1.95 bits per heavy atom. The predicted octanol–water partition coefficient (Wildman–Crippen LogP) is 3.52. The van der Waals surface area contributed by atoms with Crippen molar-refractivity contribution in [2.24, 2.45) is 0 Å². The molecule has 100 valence electrons. The Balaban J connectivity index is 1.89. The number of halogens is 2. The molecule has 0 fully saturated rings. The molecule has 1 aromatic heterocycles.